The van der Waals surface area contributed by atoms with Gasteiger partial charge < -0.3 is 10.1 Å². The highest BCUT2D eigenvalue weighted by molar-refractivity contribution is 7.98. The van der Waals surface area contributed by atoms with Gasteiger partial charge in [-0.1, -0.05) is 18.2 Å². The lowest BCUT2D eigenvalue weighted by Gasteiger charge is -2.18. The van der Waals surface area contributed by atoms with E-state index in [0.29, 0.717) is 35.1 Å². The van der Waals surface area contributed by atoms with E-state index >= 15 is 0 Å². The number of rotatable bonds is 10. The number of nitrogens with one attached hydrogen (secondary N) is 1. The molecule has 0 aromatic heterocycles. The van der Waals surface area contributed by atoms with Crippen molar-refractivity contribution >= 4 is 33.4 Å². The van der Waals surface area contributed by atoms with Gasteiger partial charge in [-0.15, -0.1) is 0 Å². The molecular weight excluding hydrogens is 415 g/mol. The van der Waals surface area contributed by atoms with Gasteiger partial charge in [0.25, 0.3) is 5.91 Å². The Hall–Kier alpha value is -2.26. The summed E-state index contributed by atoms with van der Waals surface area (Å²) in [5.41, 5.74) is 1.15. The molecule has 158 valence electrons. The molecule has 2 aromatic rings. The molecule has 6 nitrogen and oxygen atoms in total. The number of ether oxygens (including phenoxy) is 1. The van der Waals surface area contributed by atoms with Gasteiger partial charge in [-0.2, -0.15) is 11.8 Å². The second-order valence-electron chi connectivity index (χ2n) is 6.42. The molecule has 2 aromatic carbocycles. The molecule has 0 aliphatic carbocycles. The Balaban J connectivity index is 1.74. The van der Waals surface area contributed by atoms with E-state index in [-0.39, 0.29) is 11.7 Å². The molecule has 0 radical (unpaired) electrons. The van der Waals surface area contributed by atoms with Crippen molar-refractivity contribution in [3.05, 3.63) is 59.9 Å². The quantitative estimate of drug-likeness (QED) is 0.575. The number of thioether (sulfide) groups is 1. The van der Waals surface area contributed by atoms with Crippen LogP contribution in [0.5, 0.6) is 5.75 Å². The highest BCUT2D eigenvalue weighted by atomic mass is 32.2. The third kappa shape index (κ3) is 7.25. The highest BCUT2D eigenvalue weighted by Crippen LogP contribution is 2.21. The minimum Gasteiger partial charge on any atom is -0.481 e. The standard InChI is InChI=1S/C20H25FN2O4S2/c1-15(27-18-10-8-17(9-11-18)23(2)29(3,25)26)20(24)22-12-13-28-14-16-6-4-5-7-19(16)21/h4-11,15H,12-14H2,1-3H3,(H,22,24)/t15-/m0/s1. The number of nitrogens with zero attached hydrogens (tertiary/aromatic N) is 1. The van der Waals surface area contributed by atoms with Crippen LogP contribution in [0.3, 0.4) is 0 Å². The first-order chi connectivity index (χ1) is 13.7. The zero-order valence-corrected chi connectivity index (χ0v) is 18.2. The van der Waals surface area contributed by atoms with E-state index < -0.39 is 16.1 Å². The summed E-state index contributed by atoms with van der Waals surface area (Å²) in [4.78, 5) is 12.1. The van der Waals surface area contributed by atoms with Crippen molar-refractivity contribution in [2.45, 2.75) is 18.8 Å². The number of hydrogen-bond acceptors (Lipinski definition) is 5. The summed E-state index contributed by atoms with van der Waals surface area (Å²) in [7, 11) is -1.87. The van der Waals surface area contributed by atoms with Crippen LogP contribution < -0.4 is 14.4 Å². The first kappa shape index (κ1) is 23.0. The SMILES string of the molecule is C[C@H](Oc1ccc(N(C)S(C)(=O)=O)cc1)C(=O)NCCSCc1ccccc1F. The number of halogens is 1. The lowest BCUT2D eigenvalue weighted by atomic mass is 10.2. The Morgan fingerprint density at radius 1 is 1.21 bits per heavy atom. The third-order valence-electron chi connectivity index (χ3n) is 4.14. The van der Waals surface area contributed by atoms with E-state index in [4.69, 9.17) is 4.74 Å². The fourth-order valence-electron chi connectivity index (χ4n) is 2.37. The van der Waals surface area contributed by atoms with Crippen LogP contribution in [0.15, 0.2) is 48.5 Å². The summed E-state index contributed by atoms with van der Waals surface area (Å²) in [6, 6.07) is 13.1. The molecule has 0 bridgehead atoms. The summed E-state index contributed by atoms with van der Waals surface area (Å²) in [5, 5.41) is 2.79. The van der Waals surface area contributed by atoms with Crippen molar-refractivity contribution in [1.29, 1.82) is 0 Å². The Morgan fingerprint density at radius 3 is 2.48 bits per heavy atom. The van der Waals surface area contributed by atoms with Crippen LogP contribution in [-0.2, 0) is 20.6 Å². The van der Waals surface area contributed by atoms with Crippen LogP contribution in [-0.4, -0.2) is 46.0 Å². The van der Waals surface area contributed by atoms with Crippen molar-refractivity contribution in [2.75, 3.05) is 29.9 Å². The summed E-state index contributed by atoms with van der Waals surface area (Å²) < 4.78 is 43.4. The van der Waals surface area contributed by atoms with Crippen molar-refractivity contribution < 1.29 is 22.3 Å². The lowest BCUT2D eigenvalue weighted by Crippen LogP contribution is -2.37. The van der Waals surface area contributed by atoms with E-state index in [1.165, 1.54) is 24.9 Å². The maximum atomic E-state index is 13.5. The Labute approximate surface area is 175 Å². The molecule has 2 rings (SSSR count). The van der Waals surface area contributed by atoms with Gasteiger partial charge in [0.15, 0.2) is 6.10 Å². The first-order valence-corrected chi connectivity index (χ1v) is 12.0. The molecule has 0 heterocycles. The van der Waals surface area contributed by atoms with Gasteiger partial charge >= 0.3 is 0 Å². The molecule has 1 amide bonds. The number of sulfonamides is 1. The maximum absolute atomic E-state index is 13.5. The zero-order chi connectivity index (χ0) is 21.4. The molecule has 9 heteroatoms. The largest absolute Gasteiger partial charge is 0.481 e. The molecule has 1 N–H and O–H groups in total. The van der Waals surface area contributed by atoms with Crippen LogP contribution in [0.4, 0.5) is 10.1 Å². The molecule has 0 aliphatic heterocycles. The average molecular weight is 441 g/mol. The molecule has 0 spiro atoms. The average Bonchev–Trinajstić information content (AvgIpc) is 2.68. The van der Waals surface area contributed by atoms with Crippen LogP contribution in [0.2, 0.25) is 0 Å². The Bertz CT molecular complexity index is 920. The molecule has 0 aliphatic rings. The van der Waals surface area contributed by atoms with Gasteiger partial charge in [0.2, 0.25) is 10.0 Å². The van der Waals surface area contributed by atoms with E-state index in [1.54, 1.807) is 49.4 Å². The molecular formula is C20H25FN2O4S2. The van der Waals surface area contributed by atoms with Crippen LogP contribution in [0.25, 0.3) is 0 Å². The van der Waals surface area contributed by atoms with Crippen molar-refractivity contribution in [3.8, 4) is 5.75 Å². The summed E-state index contributed by atoms with van der Waals surface area (Å²) in [6.45, 7) is 2.09. The predicted octanol–water partition coefficient (Wildman–Crippen LogP) is 3.04. The van der Waals surface area contributed by atoms with E-state index in [2.05, 4.69) is 5.32 Å². The van der Waals surface area contributed by atoms with Gasteiger partial charge in [0.05, 0.1) is 11.9 Å². The van der Waals surface area contributed by atoms with Gasteiger partial charge in [0, 0.05) is 25.1 Å². The lowest BCUT2D eigenvalue weighted by molar-refractivity contribution is -0.127. The topological polar surface area (TPSA) is 75.7 Å². The van der Waals surface area contributed by atoms with E-state index in [9.17, 15) is 17.6 Å². The second-order valence-corrected chi connectivity index (χ2v) is 9.54. The molecule has 0 saturated carbocycles. The fraction of sp³-hybridized carbons (Fsp3) is 0.350. The number of carbonyl (C=O) groups excluding carboxylic acids is 1. The van der Waals surface area contributed by atoms with E-state index in [1.807, 2.05) is 0 Å². The summed E-state index contributed by atoms with van der Waals surface area (Å²) in [6.07, 6.45) is 0.420. The number of amides is 1. The number of hydrogen-bond donors (Lipinski definition) is 1. The Kier molecular flexibility index (Phi) is 8.33. The predicted molar refractivity (Wildman–Crippen MR) is 115 cm³/mol. The normalized spacial score (nSPS) is 12.3. The van der Waals surface area contributed by atoms with Gasteiger partial charge in [-0.3, -0.25) is 9.10 Å². The molecule has 29 heavy (non-hydrogen) atoms. The minimum absolute atomic E-state index is 0.222. The van der Waals surface area contributed by atoms with E-state index in [0.717, 1.165) is 10.6 Å². The van der Waals surface area contributed by atoms with Crippen LogP contribution in [0, 0.1) is 5.82 Å². The highest BCUT2D eigenvalue weighted by Gasteiger charge is 2.15. The second kappa shape index (κ2) is 10.5. The molecule has 0 saturated heterocycles. The van der Waals surface area contributed by atoms with Gasteiger partial charge in [-0.05, 0) is 42.8 Å². The molecule has 1 atom stereocenters. The number of benzene rings is 2. The van der Waals surface area contributed by atoms with Gasteiger partial charge in [0.1, 0.15) is 11.6 Å². The first-order valence-electron chi connectivity index (χ1n) is 8.98. The number of anilines is 1. The zero-order valence-electron chi connectivity index (χ0n) is 16.6. The third-order valence-corrected chi connectivity index (χ3v) is 6.35. The summed E-state index contributed by atoms with van der Waals surface area (Å²) >= 11 is 1.54. The fourth-order valence-corrected chi connectivity index (χ4v) is 3.72. The number of carbonyl (C=O) groups is 1. The Morgan fingerprint density at radius 2 is 1.86 bits per heavy atom. The van der Waals surface area contributed by atoms with Crippen LogP contribution >= 0.6 is 11.8 Å². The molecule has 0 fully saturated rings. The maximum Gasteiger partial charge on any atom is 0.260 e. The van der Waals surface area contributed by atoms with Gasteiger partial charge in [-0.25, -0.2) is 12.8 Å². The monoisotopic (exact) mass is 440 g/mol. The van der Waals surface area contributed by atoms with Crippen molar-refractivity contribution in [3.63, 3.8) is 0 Å². The van der Waals surface area contributed by atoms with Crippen molar-refractivity contribution in [1.82, 2.24) is 5.32 Å². The smallest absolute Gasteiger partial charge is 0.260 e. The van der Waals surface area contributed by atoms with Crippen molar-refractivity contribution in [2.24, 2.45) is 0 Å². The summed E-state index contributed by atoms with van der Waals surface area (Å²) in [5.74, 6) is 1.18. The minimum atomic E-state index is -3.33. The van der Waals surface area contributed by atoms with Crippen LogP contribution in [0.1, 0.15) is 12.5 Å². The molecule has 0 unspecified atom stereocenters.